The van der Waals surface area contributed by atoms with E-state index in [9.17, 15) is 26.4 Å². The second kappa shape index (κ2) is 6.69. The second-order valence-corrected chi connectivity index (χ2v) is 5.29. The predicted octanol–water partition coefficient (Wildman–Crippen LogP) is 2.11. The fourth-order valence-corrected chi connectivity index (χ4v) is 1.72. The molecule has 0 atom stereocenters. The Morgan fingerprint density at radius 3 is 2.32 bits per heavy atom. The summed E-state index contributed by atoms with van der Waals surface area (Å²) in [6.07, 6.45) is 2.21. The molecule has 6 nitrogen and oxygen atoms in total. The molecule has 0 aliphatic carbocycles. The van der Waals surface area contributed by atoms with Crippen LogP contribution in [0.2, 0.25) is 0 Å². The van der Waals surface area contributed by atoms with Crippen LogP contribution in [0, 0.1) is 0 Å². The Morgan fingerprint density at radius 2 is 1.82 bits per heavy atom. The number of methoxy groups -OCH3 is 2. The van der Waals surface area contributed by atoms with Crippen molar-refractivity contribution < 1.29 is 40.0 Å². The zero-order valence-corrected chi connectivity index (χ0v) is 12.2. The molecule has 0 aliphatic heterocycles. The van der Waals surface area contributed by atoms with E-state index in [2.05, 4.69) is 8.92 Å². The van der Waals surface area contributed by atoms with Gasteiger partial charge in [0.2, 0.25) is 0 Å². The van der Waals surface area contributed by atoms with Gasteiger partial charge < -0.3 is 13.7 Å². The monoisotopic (exact) mass is 340 g/mol. The molecule has 22 heavy (non-hydrogen) atoms. The van der Waals surface area contributed by atoms with Crippen LogP contribution >= 0.6 is 0 Å². The lowest BCUT2D eigenvalue weighted by Crippen LogP contribution is -2.28. The molecule has 0 saturated carbocycles. The van der Waals surface area contributed by atoms with Crippen molar-refractivity contribution in [3.63, 3.8) is 0 Å². The Labute approximate surface area is 124 Å². The van der Waals surface area contributed by atoms with Gasteiger partial charge in [0.1, 0.15) is 0 Å². The first-order valence-corrected chi connectivity index (χ1v) is 6.96. The number of alkyl halides is 3. The number of hydrogen-bond acceptors (Lipinski definition) is 6. The maximum atomic E-state index is 12.3. The van der Waals surface area contributed by atoms with E-state index in [1.807, 2.05) is 0 Å². The van der Waals surface area contributed by atoms with Gasteiger partial charge >= 0.3 is 21.6 Å². The quantitative estimate of drug-likeness (QED) is 0.354. The molecule has 0 fully saturated rings. The van der Waals surface area contributed by atoms with Gasteiger partial charge in [-0.1, -0.05) is 6.07 Å². The fraction of sp³-hybridized carbons (Fsp3) is 0.250. The Kier molecular flexibility index (Phi) is 5.42. The average Bonchev–Trinajstić information content (AvgIpc) is 2.43. The summed E-state index contributed by atoms with van der Waals surface area (Å²) < 4.78 is 72.1. The van der Waals surface area contributed by atoms with Crippen LogP contribution in [0.25, 0.3) is 6.08 Å². The summed E-state index contributed by atoms with van der Waals surface area (Å²) >= 11 is 0. The van der Waals surface area contributed by atoms with Crippen molar-refractivity contribution in [1.29, 1.82) is 0 Å². The van der Waals surface area contributed by atoms with E-state index in [0.717, 1.165) is 26.4 Å². The van der Waals surface area contributed by atoms with E-state index in [4.69, 9.17) is 4.74 Å². The normalized spacial score (nSPS) is 12.2. The summed E-state index contributed by atoms with van der Waals surface area (Å²) in [6, 6.07) is 3.55. The van der Waals surface area contributed by atoms with Gasteiger partial charge in [-0.15, -0.1) is 0 Å². The topological polar surface area (TPSA) is 78.9 Å². The van der Waals surface area contributed by atoms with E-state index in [0.29, 0.717) is 0 Å². The Balaban J connectivity index is 3.18. The lowest BCUT2D eigenvalue weighted by molar-refractivity contribution is -0.134. The smallest absolute Gasteiger partial charge is 0.493 e. The number of esters is 1. The number of ether oxygens (including phenoxy) is 2. The van der Waals surface area contributed by atoms with E-state index < -0.39 is 27.3 Å². The van der Waals surface area contributed by atoms with Crippen LogP contribution in [-0.2, 0) is 19.6 Å². The lowest BCUT2D eigenvalue weighted by Gasteiger charge is -2.12. The van der Waals surface area contributed by atoms with Gasteiger partial charge in [0.25, 0.3) is 0 Å². The van der Waals surface area contributed by atoms with E-state index in [1.54, 1.807) is 0 Å². The number of halogens is 3. The summed E-state index contributed by atoms with van der Waals surface area (Å²) in [5.41, 5.74) is -5.37. The van der Waals surface area contributed by atoms with Crippen molar-refractivity contribution >= 4 is 22.2 Å². The molecule has 0 bridgehead atoms. The highest BCUT2D eigenvalue weighted by Gasteiger charge is 2.48. The lowest BCUT2D eigenvalue weighted by atomic mass is 10.2. The van der Waals surface area contributed by atoms with Gasteiger partial charge in [0.15, 0.2) is 11.5 Å². The van der Waals surface area contributed by atoms with Crippen molar-refractivity contribution in [1.82, 2.24) is 0 Å². The Morgan fingerprint density at radius 1 is 1.18 bits per heavy atom. The van der Waals surface area contributed by atoms with Gasteiger partial charge in [-0.25, -0.2) is 4.79 Å². The largest absolute Gasteiger partial charge is 0.534 e. The molecule has 0 spiro atoms. The molecular weight excluding hydrogens is 329 g/mol. The number of carbonyl (C=O) groups excluding carboxylic acids is 1. The first-order valence-electron chi connectivity index (χ1n) is 5.55. The van der Waals surface area contributed by atoms with Crippen molar-refractivity contribution in [2.45, 2.75) is 5.51 Å². The van der Waals surface area contributed by atoms with Crippen molar-refractivity contribution in [3.05, 3.63) is 29.8 Å². The number of carbonyl (C=O) groups is 1. The standard InChI is InChI=1S/C12H11F3O6S/c1-19-9-5-3-8(4-6-11(16)20-2)7-10(9)21-22(17,18)12(13,14)15/h3-7H,1-2H3/b6-4+. The first kappa shape index (κ1) is 17.8. The van der Waals surface area contributed by atoms with Crippen molar-refractivity contribution in [3.8, 4) is 11.5 Å². The zero-order valence-electron chi connectivity index (χ0n) is 11.4. The van der Waals surface area contributed by atoms with Crippen molar-refractivity contribution in [2.24, 2.45) is 0 Å². The minimum Gasteiger partial charge on any atom is -0.493 e. The van der Waals surface area contributed by atoms with E-state index in [-0.39, 0.29) is 11.3 Å². The van der Waals surface area contributed by atoms with Crippen LogP contribution in [-0.4, -0.2) is 34.1 Å². The molecule has 1 aromatic rings. The van der Waals surface area contributed by atoms with Crippen LogP contribution in [0.15, 0.2) is 24.3 Å². The minimum atomic E-state index is -5.83. The summed E-state index contributed by atoms with van der Waals surface area (Å²) in [6.45, 7) is 0. The molecule has 0 aliphatic rings. The molecule has 0 saturated heterocycles. The third-order valence-corrected chi connectivity index (χ3v) is 3.25. The SMILES string of the molecule is COC(=O)/C=C/c1ccc(OC)c(OS(=O)(=O)C(F)(F)F)c1. The van der Waals surface area contributed by atoms with E-state index >= 15 is 0 Å². The van der Waals surface area contributed by atoms with Crippen LogP contribution in [0.1, 0.15) is 5.56 Å². The number of benzene rings is 1. The third-order valence-electron chi connectivity index (χ3n) is 2.28. The molecule has 0 heterocycles. The maximum absolute atomic E-state index is 12.3. The molecule has 0 N–H and O–H groups in total. The van der Waals surface area contributed by atoms with E-state index in [1.165, 1.54) is 18.2 Å². The fourth-order valence-electron chi connectivity index (χ4n) is 1.26. The summed E-state index contributed by atoms with van der Waals surface area (Å²) in [7, 11) is -3.56. The van der Waals surface area contributed by atoms with Crippen LogP contribution in [0.4, 0.5) is 13.2 Å². The molecule has 0 aromatic heterocycles. The highest BCUT2D eigenvalue weighted by molar-refractivity contribution is 7.88. The van der Waals surface area contributed by atoms with Gasteiger partial charge in [-0.2, -0.15) is 21.6 Å². The average molecular weight is 340 g/mol. The van der Waals surface area contributed by atoms with Gasteiger partial charge in [0, 0.05) is 6.08 Å². The van der Waals surface area contributed by atoms with Gasteiger partial charge in [-0.05, 0) is 23.8 Å². The molecular formula is C12H11F3O6S. The Bertz CT molecular complexity index is 679. The Hall–Kier alpha value is -2.23. The first-order chi connectivity index (χ1) is 10.1. The van der Waals surface area contributed by atoms with Crippen LogP contribution in [0.3, 0.4) is 0 Å². The predicted molar refractivity (Wildman–Crippen MR) is 69.6 cm³/mol. The van der Waals surface area contributed by atoms with Gasteiger partial charge in [-0.3, -0.25) is 0 Å². The number of hydrogen-bond donors (Lipinski definition) is 0. The third kappa shape index (κ3) is 4.38. The maximum Gasteiger partial charge on any atom is 0.534 e. The van der Waals surface area contributed by atoms with Crippen LogP contribution < -0.4 is 8.92 Å². The molecule has 10 heteroatoms. The second-order valence-electron chi connectivity index (χ2n) is 3.75. The summed E-state index contributed by atoms with van der Waals surface area (Å²) in [4.78, 5) is 10.9. The molecule has 0 radical (unpaired) electrons. The molecule has 1 rings (SSSR count). The van der Waals surface area contributed by atoms with Crippen LogP contribution in [0.5, 0.6) is 11.5 Å². The highest BCUT2D eigenvalue weighted by Crippen LogP contribution is 2.33. The zero-order chi connectivity index (χ0) is 17.0. The molecule has 122 valence electrons. The molecule has 0 amide bonds. The summed E-state index contributed by atoms with van der Waals surface area (Å²) in [5.74, 6) is -1.57. The van der Waals surface area contributed by atoms with Crippen molar-refractivity contribution in [2.75, 3.05) is 14.2 Å². The number of rotatable bonds is 5. The molecule has 0 unspecified atom stereocenters. The van der Waals surface area contributed by atoms with Gasteiger partial charge in [0.05, 0.1) is 14.2 Å². The molecule has 1 aromatic carbocycles. The minimum absolute atomic E-state index is 0.207. The highest BCUT2D eigenvalue weighted by atomic mass is 32.2. The summed E-state index contributed by atoms with van der Waals surface area (Å²) in [5, 5.41) is 0.